The van der Waals surface area contributed by atoms with Crippen LogP contribution in [-0.4, -0.2) is 0 Å². The summed E-state index contributed by atoms with van der Waals surface area (Å²) < 4.78 is 6.38. The third-order valence-corrected chi connectivity index (χ3v) is 3.54. The topological polar surface area (TPSA) is 25.2 Å². The Labute approximate surface area is 110 Å². The van der Waals surface area contributed by atoms with Crippen molar-refractivity contribution in [3.05, 3.63) is 58.0 Å². The van der Waals surface area contributed by atoms with Crippen LogP contribution in [0.5, 0.6) is 0 Å². The Morgan fingerprint density at radius 1 is 1.24 bits per heavy atom. The number of nitrogens with one attached hydrogen (secondary N) is 1. The fraction of sp³-hybridized carbons (Fsp3) is 0.286. The van der Waals surface area contributed by atoms with E-state index >= 15 is 0 Å². The molecule has 1 heterocycles. The van der Waals surface area contributed by atoms with E-state index in [1.807, 2.05) is 6.07 Å². The van der Waals surface area contributed by atoms with Crippen molar-refractivity contribution in [2.24, 2.45) is 0 Å². The Kier molecular flexibility index (Phi) is 4.02. The molecule has 1 aromatic carbocycles. The second-order valence-corrected chi connectivity index (χ2v) is 5.06. The lowest BCUT2D eigenvalue weighted by molar-refractivity contribution is 0.458. The van der Waals surface area contributed by atoms with Crippen LogP contribution in [0.2, 0.25) is 0 Å². The van der Waals surface area contributed by atoms with Crippen LogP contribution in [0.25, 0.3) is 0 Å². The SMILES string of the molecule is Cc1ccc([C@H](C)NCc2occc2Br)cc1. The first-order valence-corrected chi connectivity index (χ1v) is 6.48. The molecule has 0 bridgehead atoms. The highest BCUT2D eigenvalue weighted by Gasteiger charge is 2.07. The van der Waals surface area contributed by atoms with Crippen molar-refractivity contribution >= 4 is 15.9 Å². The maximum Gasteiger partial charge on any atom is 0.131 e. The molecule has 0 saturated heterocycles. The zero-order chi connectivity index (χ0) is 12.3. The highest BCUT2D eigenvalue weighted by Crippen LogP contribution is 2.19. The molecule has 2 nitrogen and oxygen atoms in total. The summed E-state index contributed by atoms with van der Waals surface area (Å²) >= 11 is 3.45. The van der Waals surface area contributed by atoms with E-state index in [0.29, 0.717) is 6.04 Å². The number of hydrogen-bond acceptors (Lipinski definition) is 2. The fourth-order valence-corrected chi connectivity index (χ4v) is 2.01. The summed E-state index contributed by atoms with van der Waals surface area (Å²) in [5.41, 5.74) is 2.58. The lowest BCUT2D eigenvalue weighted by Crippen LogP contribution is -2.17. The van der Waals surface area contributed by atoms with E-state index in [4.69, 9.17) is 4.42 Å². The van der Waals surface area contributed by atoms with Gasteiger partial charge in [-0.1, -0.05) is 29.8 Å². The highest BCUT2D eigenvalue weighted by atomic mass is 79.9. The van der Waals surface area contributed by atoms with Crippen LogP contribution in [0.3, 0.4) is 0 Å². The Morgan fingerprint density at radius 3 is 2.53 bits per heavy atom. The Morgan fingerprint density at radius 2 is 1.94 bits per heavy atom. The molecule has 2 rings (SSSR count). The first-order chi connectivity index (χ1) is 8.16. The fourth-order valence-electron chi connectivity index (χ4n) is 1.67. The van der Waals surface area contributed by atoms with Crippen molar-refractivity contribution in [2.45, 2.75) is 26.4 Å². The van der Waals surface area contributed by atoms with Crippen LogP contribution in [0.1, 0.15) is 29.9 Å². The Bertz CT molecular complexity index is 475. The molecular formula is C14H16BrNO. The van der Waals surface area contributed by atoms with Crippen LogP contribution in [-0.2, 0) is 6.54 Å². The molecule has 0 amide bonds. The van der Waals surface area contributed by atoms with Gasteiger partial charge in [-0.05, 0) is 41.4 Å². The molecule has 0 aliphatic rings. The van der Waals surface area contributed by atoms with Gasteiger partial charge in [0.05, 0.1) is 17.3 Å². The molecule has 90 valence electrons. The number of benzene rings is 1. The average molecular weight is 294 g/mol. The number of hydrogen-bond donors (Lipinski definition) is 1. The van der Waals surface area contributed by atoms with Crippen molar-refractivity contribution in [3.63, 3.8) is 0 Å². The van der Waals surface area contributed by atoms with Gasteiger partial charge in [-0.3, -0.25) is 0 Å². The van der Waals surface area contributed by atoms with Crippen LogP contribution in [0, 0.1) is 6.92 Å². The van der Waals surface area contributed by atoms with E-state index in [1.54, 1.807) is 6.26 Å². The van der Waals surface area contributed by atoms with E-state index in [-0.39, 0.29) is 0 Å². The van der Waals surface area contributed by atoms with Gasteiger partial charge in [-0.2, -0.15) is 0 Å². The first kappa shape index (κ1) is 12.4. The molecule has 0 saturated carbocycles. The smallest absolute Gasteiger partial charge is 0.131 e. The maximum absolute atomic E-state index is 5.36. The largest absolute Gasteiger partial charge is 0.467 e. The molecule has 1 aromatic heterocycles. The van der Waals surface area contributed by atoms with Crippen molar-refractivity contribution in [1.82, 2.24) is 5.32 Å². The van der Waals surface area contributed by atoms with Crippen LogP contribution >= 0.6 is 15.9 Å². The second kappa shape index (κ2) is 5.52. The van der Waals surface area contributed by atoms with Gasteiger partial charge in [0.15, 0.2) is 0 Å². The minimum Gasteiger partial charge on any atom is -0.467 e. The molecular weight excluding hydrogens is 278 g/mol. The van der Waals surface area contributed by atoms with E-state index in [9.17, 15) is 0 Å². The minimum absolute atomic E-state index is 0.313. The third-order valence-electron chi connectivity index (χ3n) is 2.84. The van der Waals surface area contributed by atoms with Gasteiger partial charge in [-0.25, -0.2) is 0 Å². The van der Waals surface area contributed by atoms with E-state index < -0.39 is 0 Å². The predicted octanol–water partition coefficient (Wildman–Crippen LogP) is 4.20. The molecule has 0 fully saturated rings. The molecule has 3 heteroatoms. The third kappa shape index (κ3) is 3.20. The summed E-state index contributed by atoms with van der Waals surface area (Å²) in [6, 6.07) is 10.8. The number of rotatable bonds is 4. The van der Waals surface area contributed by atoms with Crippen molar-refractivity contribution < 1.29 is 4.42 Å². The summed E-state index contributed by atoms with van der Waals surface area (Å²) in [5, 5.41) is 3.44. The normalized spacial score (nSPS) is 12.6. The Balaban J connectivity index is 1.95. The van der Waals surface area contributed by atoms with Crippen molar-refractivity contribution in [2.75, 3.05) is 0 Å². The van der Waals surface area contributed by atoms with Gasteiger partial charge in [0.2, 0.25) is 0 Å². The lowest BCUT2D eigenvalue weighted by Gasteiger charge is -2.13. The monoisotopic (exact) mass is 293 g/mol. The van der Waals surface area contributed by atoms with Crippen LogP contribution in [0.15, 0.2) is 45.5 Å². The first-order valence-electron chi connectivity index (χ1n) is 5.68. The zero-order valence-electron chi connectivity index (χ0n) is 10.0. The van der Waals surface area contributed by atoms with E-state index in [0.717, 1.165) is 16.8 Å². The molecule has 1 N–H and O–H groups in total. The summed E-state index contributed by atoms with van der Waals surface area (Å²) in [4.78, 5) is 0. The number of aryl methyl sites for hydroxylation is 1. The molecule has 17 heavy (non-hydrogen) atoms. The standard InChI is InChI=1S/C14H16BrNO/c1-10-3-5-12(6-4-10)11(2)16-9-14-13(15)7-8-17-14/h3-8,11,16H,9H2,1-2H3/t11-/m0/s1. The summed E-state index contributed by atoms with van der Waals surface area (Å²) in [6.45, 7) is 4.98. The van der Waals surface area contributed by atoms with Crippen LogP contribution < -0.4 is 5.32 Å². The molecule has 0 unspecified atom stereocenters. The summed E-state index contributed by atoms with van der Waals surface area (Å²) in [7, 11) is 0. The van der Waals surface area contributed by atoms with Crippen molar-refractivity contribution in [1.29, 1.82) is 0 Å². The highest BCUT2D eigenvalue weighted by molar-refractivity contribution is 9.10. The summed E-state index contributed by atoms with van der Waals surface area (Å²) in [6.07, 6.45) is 1.69. The molecule has 0 aliphatic carbocycles. The van der Waals surface area contributed by atoms with E-state index in [1.165, 1.54) is 11.1 Å². The molecule has 0 aliphatic heterocycles. The average Bonchev–Trinajstić information content (AvgIpc) is 2.73. The molecule has 1 atom stereocenters. The number of halogens is 1. The van der Waals surface area contributed by atoms with Gasteiger partial charge in [-0.15, -0.1) is 0 Å². The van der Waals surface area contributed by atoms with Gasteiger partial charge in [0, 0.05) is 6.04 Å². The van der Waals surface area contributed by atoms with Gasteiger partial charge in [0.1, 0.15) is 5.76 Å². The summed E-state index contributed by atoms with van der Waals surface area (Å²) in [5.74, 6) is 0.934. The van der Waals surface area contributed by atoms with Gasteiger partial charge in [0.25, 0.3) is 0 Å². The molecule has 2 aromatic rings. The maximum atomic E-state index is 5.36. The van der Waals surface area contributed by atoms with Gasteiger partial charge >= 0.3 is 0 Å². The predicted molar refractivity (Wildman–Crippen MR) is 72.8 cm³/mol. The lowest BCUT2D eigenvalue weighted by atomic mass is 10.1. The molecule has 0 spiro atoms. The van der Waals surface area contributed by atoms with Crippen molar-refractivity contribution in [3.8, 4) is 0 Å². The van der Waals surface area contributed by atoms with E-state index in [2.05, 4.69) is 59.4 Å². The van der Waals surface area contributed by atoms with Crippen LogP contribution in [0.4, 0.5) is 0 Å². The quantitative estimate of drug-likeness (QED) is 0.914. The molecule has 0 radical (unpaired) electrons. The minimum atomic E-state index is 0.313. The van der Waals surface area contributed by atoms with Gasteiger partial charge < -0.3 is 9.73 Å². The second-order valence-electron chi connectivity index (χ2n) is 4.20. The zero-order valence-corrected chi connectivity index (χ0v) is 11.6. The Hall–Kier alpha value is -1.06. The number of furan rings is 1.